The van der Waals surface area contributed by atoms with E-state index in [-0.39, 0.29) is 60.0 Å². The third kappa shape index (κ3) is 2.91. The summed E-state index contributed by atoms with van der Waals surface area (Å²) in [7, 11) is 0. The molecule has 0 radical (unpaired) electrons. The predicted molar refractivity (Wildman–Crippen MR) is 114 cm³/mol. The van der Waals surface area contributed by atoms with Crippen LogP contribution in [0.15, 0.2) is 0 Å². The Bertz CT molecular complexity index is 914. The van der Waals surface area contributed by atoms with Gasteiger partial charge in [0.25, 0.3) is 0 Å². The molecule has 0 aromatic carbocycles. The van der Waals surface area contributed by atoms with Crippen LogP contribution in [0.3, 0.4) is 0 Å². The van der Waals surface area contributed by atoms with Crippen LogP contribution in [-0.2, 0) is 33.4 Å². The highest BCUT2D eigenvalue weighted by molar-refractivity contribution is 5.86. The van der Waals surface area contributed by atoms with Crippen LogP contribution < -0.4 is 0 Å². The lowest BCUT2D eigenvalue weighted by atomic mass is 9.42. The van der Waals surface area contributed by atoms with Gasteiger partial charge in [0.1, 0.15) is 23.7 Å². The minimum Gasteiger partial charge on any atom is -0.462 e. The van der Waals surface area contributed by atoms with Crippen molar-refractivity contribution in [2.45, 2.75) is 95.9 Å². The van der Waals surface area contributed by atoms with E-state index in [0.29, 0.717) is 38.5 Å². The van der Waals surface area contributed by atoms with Crippen molar-refractivity contribution in [3.8, 4) is 0 Å². The number of Topliss-reactive ketones (excluding diaryl/α,β-unsaturated/α-hetero) is 1. The molecule has 4 aliphatic carbocycles. The number of rotatable bonds is 4. The fourth-order valence-electron chi connectivity index (χ4n) is 8.88. The maximum atomic E-state index is 13.6. The molecule has 8 heteroatoms. The van der Waals surface area contributed by atoms with Crippen molar-refractivity contribution in [2.75, 3.05) is 6.61 Å². The van der Waals surface area contributed by atoms with E-state index >= 15 is 0 Å². The lowest BCUT2D eigenvalue weighted by Crippen LogP contribution is -2.67. The summed E-state index contributed by atoms with van der Waals surface area (Å²) >= 11 is 0. The van der Waals surface area contributed by atoms with Gasteiger partial charge in [-0.1, -0.05) is 6.92 Å². The Hall–Kier alpha value is -1.96. The SMILES string of the molecule is CC(=O)OCC(=O)[C@@H]1CC[C@H]2[C@@]1(C)CC[C@@H]1[C@@]23CC[C@]2(O)C[C@H](OC(C)=O)CC[C@@]12C(=O)O3. The van der Waals surface area contributed by atoms with Gasteiger partial charge in [-0.3, -0.25) is 19.2 Å². The lowest BCUT2D eigenvalue weighted by molar-refractivity contribution is -0.218. The fourth-order valence-corrected chi connectivity index (χ4v) is 8.88. The van der Waals surface area contributed by atoms with Gasteiger partial charge >= 0.3 is 17.9 Å². The Kier molecular flexibility index (Phi) is 5.02. The molecule has 4 saturated carbocycles. The van der Waals surface area contributed by atoms with Gasteiger partial charge in [0.15, 0.2) is 5.78 Å². The molecule has 5 rings (SSSR count). The smallest absolute Gasteiger partial charge is 0.316 e. The summed E-state index contributed by atoms with van der Waals surface area (Å²) in [5, 5.41) is 11.8. The van der Waals surface area contributed by atoms with Crippen molar-refractivity contribution in [3.05, 3.63) is 0 Å². The minimum atomic E-state index is -1.25. The highest BCUT2D eigenvalue weighted by Gasteiger charge is 2.80. The van der Waals surface area contributed by atoms with E-state index in [0.717, 1.165) is 12.8 Å². The standard InChI is InChI=1S/C25H34O8/c1-14(26)31-13-18(28)17-4-5-19-22(17,3)8-7-20-24-9-6-16(32-15(2)27)12-23(24,30)10-11-25(19,20)33-21(24)29/h16-17,19-20,30H,4-13H2,1-3H3/t16-,17+,19+,20+,22+,23+,24+,25-/m1/s1. The van der Waals surface area contributed by atoms with E-state index in [4.69, 9.17) is 14.2 Å². The van der Waals surface area contributed by atoms with Gasteiger partial charge in [-0.2, -0.15) is 0 Å². The zero-order valence-corrected chi connectivity index (χ0v) is 19.7. The van der Waals surface area contributed by atoms with Crippen LogP contribution >= 0.6 is 0 Å². The van der Waals surface area contributed by atoms with E-state index in [2.05, 4.69) is 6.92 Å². The summed E-state index contributed by atoms with van der Waals surface area (Å²) in [4.78, 5) is 49.3. The highest BCUT2D eigenvalue weighted by Crippen LogP contribution is 2.74. The van der Waals surface area contributed by atoms with Gasteiger partial charge in [-0.05, 0) is 56.8 Å². The first kappa shape index (κ1) is 22.8. The molecule has 0 unspecified atom stereocenters. The average Bonchev–Trinajstić information content (AvgIpc) is 3.18. The Morgan fingerprint density at radius 3 is 2.45 bits per heavy atom. The molecule has 1 N–H and O–H groups in total. The summed E-state index contributed by atoms with van der Waals surface area (Å²) in [5.74, 6) is -1.50. The van der Waals surface area contributed by atoms with Gasteiger partial charge < -0.3 is 19.3 Å². The average molecular weight is 463 g/mol. The topological polar surface area (TPSA) is 116 Å². The van der Waals surface area contributed by atoms with E-state index < -0.39 is 22.6 Å². The second-order valence-corrected chi connectivity index (χ2v) is 11.3. The Balaban J connectivity index is 1.45. The van der Waals surface area contributed by atoms with Gasteiger partial charge in [0, 0.05) is 38.0 Å². The molecule has 5 aliphatic rings. The predicted octanol–water partition coefficient (Wildman–Crippen LogP) is 2.48. The number of ether oxygens (including phenoxy) is 3. The van der Waals surface area contributed by atoms with Gasteiger partial charge in [0.05, 0.1) is 5.60 Å². The molecule has 0 aromatic heterocycles. The first-order valence-electron chi connectivity index (χ1n) is 12.3. The number of carbonyl (C=O) groups excluding carboxylic acids is 4. The molecule has 1 spiro atoms. The second-order valence-electron chi connectivity index (χ2n) is 11.3. The maximum absolute atomic E-state index is 13.6. The Labute approximate surface area is 193 Å². The number of carbonyl (C=O) groups is 4. The minimum absolute atomic E-state index is 0.0362. The van der Waals surface area contributed by atoms with Crippen LogP contribution in [0.25, 0.3) is 0 Å². The third-order valence-corrected chi connectivity index (χ3v) is 10.1. The first-order valence-corrected chi connectivity index (χ1v) is 12.3. The van der Waals surface area contributed by atoms with Crippen LogP contribution in [0.5, 0.6) is 0 Å². The normalized spacial score (nSPS) is 47.6. The molecule has 8 atom stereocenters. The summed E-state index contributed by atoms with van der Waals surface area (Å²) in [6.45, 7) is 4.59. The number of esters is 3. The molecule has 33 heavy (non-hydrogen) atoms. The summed E-state index contributed by atoms with van der Waals surface area (Å²) in [6, 6.07) is 0. The van der Waals surface area contributed by atoms with Crippen LogP contribution in [0.1, 0.15) is 78.6 Å². The number of fused-ring (bicyclic) bond motifs is 1. The summed E-state index contributed by atoms with van der Waals surface area (Å²) in [6.07, 6.45) is 4.78. The molecular formula is C25H34O8. The Morgan fingerprint density at radius 1 is 1.00 bits per heavy atom. The van der Waals surface area contributed by atoms with E-state index in [1.165, 1.54) is 13.8 Å². The zero-order chi connectivity index (χ0) is 23.8. The molecule has 2 bridgehead atoms. The van der Waals surface area contributed by atoms with Crippen molar-refractivity contribution in [1.29, 1.82) is 0 Å². The van der Waals surface area contributed by atoms with Crippen molar-refractivity contribution >= 4 is 23.7 Å². The van der Waals surface area contributed by atoms with Crippen molar-refractivity contribution in [2.24, 2.45) is 28.6 Å². The molecule has 1 saturated heterocycles. The Morgan fingerprint density at radius 2 is 1.76 bits per heavy atom. The molecule has 8 nitrogen and oxygen atoms in total. The zero-order valence-electron chi connectivity index (χ0n) is 19.7. The molecule has 0 amide bonds. The number of hydrogen-bond donors (Lipinski definition) is 1. The van der Waals surface area contributed by atoms with Crippen molar-refractivity contribution < 1.29 is 38.5 Å². The molecular weight excluding hydrogens is 428 g/mol. The summed E-state index contributed by atoms with van der Waals surface area (Å²) < 4.78 is 16.7. The first-order chi connectivity index (χ1) is 15.5. The molecule has 182 valence electrons. The van der Waals surface area contributed by atoms with Crippen molar-refractivity contribution in [1.82, 2.24) is 0 Å². The van der Waals surface area contributed by atoms with E-state index in [1.54, 1.807) is 0 Å². The molecule has 1 aliphatic heterocycles. The third-order valence-electron chi connectivity index (χ3n) is 10.1. The van der Waals surface area contributed by atoms with Gasteiger partial charge in [0.2, 0.25) is 0 Å². The molecule has 0 aromatic rings. The van der Waals surface area contributed by atoms with Crippen LogP contribution in [0.4, 0.5) is 0 Å². The molecule has 1 heterocycles. The van der Waals surface area contributed by atoms with Gasteiger partial charge in [-0.15, -0.1) is 0 Å². The largest absolute Gasteiger partial charge is 0.462 e. The number of aliphatic hydroxyl groups is 1. The summed E-state index contributed by atoms with van der Waals surface area (Å²) in [5.41, 5.74) is -3.21. The molecule has 5 fully saturated rings. The maximum Gasteiger partial charge on any atom is 0.316 e. The van der Waals surface area contributed by atoms with E-state index in [1.807, 2.05) is 0 Å². The lowest BCUT2D eigenvalue weighted by Gasteiger charge is -2.61. The quantitative estimate of drug-likeness (QED) is 0.500. The second kappa shape index (κ2) is 7.27. The highest BCUT2D eigenvalue weighted by atomic mass is 16.6. The van der Waals surface area contributed by atoms with Crippen LogP contribution in [0.2, 0.25) is 0 Å². The van der Waals surface area contributed by atoms with Crippen LogP contribution in [-0.4, -0.2) is 52.7 Å². The van der Waals surface area contributed by atoms with E-state index in [9.17, 15) is 24.3 Å². The van der Waals surface area contributed by atoms with Crippen molar-refractivity contribution in [3.63, 3.8) is 0 Å². The monoisotopic (exact) mass is 462 g/mol. The van der Waals surface area contributed by atoms with Gasteiger partial charge in [-0.25, -0.2) is 0 Å². The fraction of sp³-hybridized carbons (Fsp3) is 0.840. The number of ketones is 1. The number of hydrogen-bond acceptors (Lipinski definition) is 8. The van der Waals surface area contributed by atoms with Crippen LogP contribution in [0, 0.1) is 28.6 Å².